The van der Waals surface area contributed by atoms with Crippen LogP contribution >= 0.6 is 0 Å². The third-order valence-corrected chi connectivity index (χ3v) is 9.03. The third-order valence-electron chi connectivity index (χ3n) is 9.03. The van der Waals surface area contributed by atoms with Gasteiger partial charge in [0.05, 0.1) is 0 Å². The number of unbranched alkanes of at least 4 members (excludes halogenated alkanes) is 1. The second kappa shape index (κ2) is 19.6. The van der Waals surface area contributed by atoms with E-state index in [0.29, 0.717) is 19.4 Å². The van der Waals surface area contributed by atoms with E-state index in [1.165, 1.54) is 6.92 Å². The molecule has 3 aromatic carbocycles. The van der Waals surface area contributed by atoms with Crippen LogP contribution in [0.15, 0.2) is 78.9 Å². The minimum absolute atomic E-state index is 0.0215. The largest absolute Gasteiger partial charge is 0.458 e. The molecule has 53 heavy (non-hydrogen) atoms. The summed E-state index contributed by atoms with van der Waals surface area (Å²) in [6, 6.07) is 23.2. The van der Waals surface area contributed by atoms with E-state index in [2.05, 4.69) is 34.9 Å². The van der Waals surface area contributed by atoms with Gasteiger partial charge in [-0.05, 0) is 65.8 Å². The van der Waals surface area contributed by atoms with Gasteiger partial charge in [0, 0.05) is 12.5 Å². The van der Waals surface area contributed by atoms with Gasteiger partial charge in [0.1, 0.15) is 25.3 Å². The Bertz CT molecular complexity index is 1670. The molecule has 4 N–H and O–H groups in total. The highest BCUT2D eigenvalue weighted by atomic mass is 16.6. The molecule has 0 fully saturated rings. The molecule has 4 rings (SSSR count). The lowest BCUT2D eigenvalue weighted by atomic mass is 9.98. The Labute approximate surface area is 311 Å². The number of fused-ring (bicyclic) bond motifs is 3. The first-order valence-electron chi connectivity index (χ1n) is 18.1. The summed E-state index contributed by atoms with van der Waals surface area (Å²) in [5.74, 6) is -3.90. The number of carbonyl (C=O) groups excluding carboxylic acids is 5. The van der Waals surface area contributed by atoms with Crippen LogP contribution in [0.3, 0.4) is 0 Å². The van der Waals surface area contributed by atoms with Crippen molar-refractivity contribution in [3.05, 3.63) is 95.6 Å². The number of carbonyl (C=O) groups is 5. The van der Waals surface area contributed by atoms with Crippen molar-refractivity contribution in [2.45, 2.75) is 90.7 Å². The molecule has 0 heterocycles. The zero-order valence-electron chi connectivity index (χ0n) is 31.0. The minimum atomic E-state index is -1.23. The summed E-state index contributed by atoms with van der Waals surface area (Å²) in [7, 11) is 0. The first-order valence-corrected chi connectivity index (χ1v) is 18.1. The fourth-order valence-corrected chi connectivity index (χ4v) is 6.03. The van der Waals surface area contributed by atoms with E-state index in [9.17, 15) is 24.0 Å². The Hall–Kier alpha value is -5.23. The first kappa shape index (κ1) is 40.5. The predicted octanol–water partition coefficient (Wildman–Crippen LogP) is 5.41. The van der Waals surface area contributed by atoms with E-state index in [-0.39, 0.29) is 25.6 Å². The average molecular weight is 730 g/mol. The lowest BCUT2D eigenvalue weighted by Crippen LogP contribution is -2.52. The minimum Gasteiger partial charge on any atom is -0.458 e. The van der Waals surface area contributed by atoms with Gasteiger partial charge in [-0.3, -0.25) is 9.59 Å². The molecule has 1 aliphatic rings. The van der Waals surface area contributed by atoms with Crippen molar-refractivity contribution in [2.24, 2.45) is 17.6 Å². The quantitative estimate of drug-likeness (QED) is 0.0874. The van der Waals surface area contributed by atoms with Crippen LogP contribution in [0.2, 0.25) is 0 Å². The smallest absolute Gasteiger partial charge is 0.407 e. The fourth-order valence-electron chi connectivity index (χ4n) is 6.03. The van der Waals surface area contributed by atoms with Crippen LogP contribution in [0, 0.1) is 11.8 Å². The number of rotatable bonds is 18. The average Bonchev–Trinajstić information content (AvgIpc) is 3.47. The van der Waals surface area contributed by atoms with Crippen molar-refractivity contribution < 1.29 is 42.9 Å². The number of ether oxygens (including phenoxy) is 4. The zero-order valence-corrected chi connectivity index (χ0v) is 31.0. The summed E-state index contributed by atoms with van der Waals surface area (Å²) in [6.45, 7) is 8.76. The van der Waals surface area contributed by atoms with Crippen LogP contribution < -0.4 is 16.4 Å². The number of benzene rings is 3. The van der Waals surface area contributed by atoms with Crippen molar-refractivity contribution >= 4 is 29.9 Å². The number of alkyl carbamates (subject to hydrolysis) is 1. The third kappa shape index (κ3) is 11.4. The van der Waals surface area contributed by atoms with E-state index in [1.54, 1.807) is 39.8 Å². The molecule has 0 bridgehead atoms. The zero-order chi connectivity index (χ0) is 38.5. The lowest BCUT2D eigenvalue weighted by Gasteiger charge is -2.27. The maximum Gasteiger partial charge on any atom is 0.407 e. The number of nitrogens with two attached hydrogens (primary N) is 1. The van der Waals surface area contributed by atoms with Crippen molar-refractivity contribution in [2.75, 3.05) is 13.2 Å². The Kier molecular flexibility index (Phi) is 15.0. The monoisotopic (exact) mass is 729 g/mol. The van der Waals surface area contributed by atoms with Gasteiger partial charge in [0.25, 0.3) is 5.91 Å². The van der Waals surface area contributed by atoms with Crippen molar-refractivity contribution in [1.29, 1.82) is 0 Å². The van der Waals surface area contributed by atoms with Crippen LogP contribution in [0.4, 0.5) is 4.79 Å². The Morgan fingerprint density at radius 2 is 1.30 bits per heavy atom. The van der Waals surface area contributed by atoms with Gasteiger partial charge < -0.3 is 35.3 Å². The molecule has 0 spiro atoms. The van der Waals surface area contributed by atoms with Crippen molar-refractivity contribution in [3.63, 3.8) is 0 Å². The molecule has 284 valence electrons. The molecular formula is C41H51N3O9. The second-order valence-electron chi connectivity index (χ2n) is 13.9. The highest BCUT2D eigenvalue weighted by Crippen LogP contribution is 2.44. The number of esters is 3. The normalized spacial score (nSPS) is 14.3. The molecule has 2 amide bonds. The summed E-state index contributed by atoms with van der Waals surface area (Å²) < 4.78 is 21.7. The maximum absolute atomic E-state index is 13.3. The molecule has 0 saturated heterocycles. The highest BCUT2D eigenvalue weighted by Gasteiger charge is 2.35. The molecule has 4 atom stereocenters. The van der Waals surface area contributed by atoms with E-state index < -0.39 is 66.0 Å². The second-order valence-corrected chi connectivity index (χ2v) is 13.9. The van der Waals surface area contributed by atoms with Gasteiger partial charge in [0.15, 0.2) is 12.2 Å². The number of amides is 2. The van der Waals surface area contributed by atoms with Crippen molar-refractivity contribution in [1.82, 2.24) is 10.6 Å². The molecule has 1 aliphatic carbocycles. The first-order chi connectivity index (χ1) is 25.4. The molecule has 0 saturated carbocycles. The van der Waals surface area contributed by atoms with Gasteiger partial charge in [-0.2, -0.15) is 0 Å². The maximum atomic E-state index is 13.3. The Morgan fingerprint density at radius 3 is 1.91 bits per heavy atom. The summed E-state index contributed by atoms with van der Waals surface area (Å²) in [4.78, 5) is 64.1. The van der Waals surface area contributed by atoms with Crippen LogP contribution in [-0.2, 0) is 44.7 Å². The Balaban J connectivity index is 1.17. The summed E-state index contributed by atoms with van der Waals surface area (Å²) in [5, 5.41) is 5.37. The van der Waals surface area contributed by atoms with Gasteiger partial charge in [-0.1, -0.05) is 107 Å². The summed E-state index contributed by atoms with van der Waals surface area (Å²) in [5.41, 5.74) is 11.5. The highest BCUT2D eigenvalue weighted by molar-refractivity contribution is 5.90. The van der Waals surface area contributed by atoms with E-state index in [1.807, 2.05) is 42.5 Å². The molecular weight excluding hydrogens is 678 g/mol. The van der Waals surface area contributed by atoms with E-state index in [0.717, 1.165) is 27.8 Å². The van der Waals surface area contributed by atoms with Gasteiger partial charge in [0.2, 0.25) is 0 Å². The number of nitrogens with one attached hydrogen (secondary N) is 2. The number of hydrogen-bond donors (Lipinski definition) is 3. The SMILES string of the molecule is CC(OC(=O)C(NC(=O)C(OC(=O)C(N)CCCCNC(=O)OCC1c2ccccc2-c2ccccc21)C(C)C)C(C)C)C(=O)OCc1ccccc1. The molecule has 0 aliphatic heterocycles. The van der Waals surface area contributed by atoms with Gasteiger partial charge >= 0.3 is 24.0 Å². The molecule has 4 unspecified atom stereocenters. The molecule has 12 nitrogen and oxygen atoms in total. The Morgan fingerprint density at radius 1 is 0.698 bits per heavy atom. The lowest BCUT2D eigenvalue weighted by molar-refractivity contribution is -0.170. The fraction of sp³-hybridized carbons (Fsp3) is 0.439. The molecule has 0 radical (unpaired) electrons. The summed E-state index contributed by atoms with van der Waals surface area (Å²) in [6.07, 6.45) is -1.67. The van der Waals surface area contributed by atoms with Crippen LogP contribution in [0.1, 0.15) is 76.5 Å². The van der Waals surface area contributed by atoms with Gasteiger partial charge in [-0.25, -0.2) is 14.4 Å². The molecule has 12 heteroatoms. The van der Waals surface area contributed by atoms with Crippen LogP contribution in [0.5, 0.6) is 0 Å². The van der Waals surface area contributed by atoms with Crippen LogP contribution in [0.25, 0.3) is 11.1 Å². The standard InChI is InChI=1S/C41H51N3O9/c1-25(2)35(40(48)52-27(5)38(46)50-23-28-15-7-6-8-16-28)44-37(45)36(26(3)4)53-39(47)34(42)21-13-14-22-43-41(49)51-24-33-31-19-11-9-17-29(31)30-18-10-12-20-32(30)33/h6-12,15-20,25-27,33-36H,13-14,21-24,42H2,1-5H3,(H,43,49)(H,44,45). The van der Waals surface area contributed by atoms with E-state index >= 15 is 0 Å². The summed E-state index contributed by atoms with van der Waals surface area (Å²) >= 11 is 0. The predicted molar refractivity (Wildman–Crippen MR) is 198 cm³/mol. The van der Waals surface area contributed by atoms with Crippen molar-refractivity contribution in [3.8, 4) is 11.1 Å². The molecule has 0 aromatic heterocycles. The molecule has 3 aromatic rings. The van der Waals surface area contributed by atoms with Gasteiger partial charge in [-0.15, -0.1) is 0 Å². The topological polar surface area (TPSA) is 172 Å². The van der Waals surface area contributed by atoms with Crippen LogP contribution in [-0.4, -0.2) is 67.4 Å². The van der Waals surface area contributed by atoms with E-state index in [4.69, 9.17) is 24.7 Å². The number of hydrogen-bond acceptors (Lipinski definition) is 10.